The molecular weight excluding hydrogens is 412 g/mol. The number of hydrogen-bond donors (Lipinski definition) is 1. The lowest BCUT2D eigenvalue weighted by Gasteiger charge is -2.31. The first-order valence-electron chi connectivity index (χ1n) is 9.86. The van der Waals surface area contributed by atoms with Gasteiger partial charge in [-0.05, 0) is 17.2 Å². The summed E-state index contributed by atoms with van der Waals surface area (Å²) < 4.78 is 9.55. The predicted octanol–water partition coefficient (Wildman–Crippen LogP) is -0.0778. The molecule has 0 spiro atoms. The standard InChI is InChI=1S/C22H22N6O4/c1-26-19-18(20(30)27(2)22(26)31)28(13-14-7-5-4-6-8-14)21(24-19)25-23-12-15-9-10-16(29)17(11-15)32-3/h4-12,18H,13H2,1-3H3,(H,23,29). The van der Waals surface area contributed by atoms with Crippen LogP contribution in [0.15, 0.2) is 53.6 Å². The SMILES string of the molecule is COc1cc(/C=N/NC2=[N+]=C3C(C(=O)N(C)C(=O)N3C)N2Cc2ccccc2)ccc1[O-]. The molecule has 0 aliphatic carbocycles. The maximum absolute atomic E-state index is 12.9. The molecule has 2 aromatic carbocycles. The van der Waals surface area contributed by atoms with Crippen LogP contribution in [0.5, 0.6) is 11.5 Å². The van der Waals surface area contributed by atoms with Gasteiger partial charge in [0.05, 0.1) is 26.9 Å². The Bertz CT molecular complexity index is 1160. The summed E-state index contributed by atoms with van der Waals surface area (Å²) in [5.41, 5.74) is 4.50. The van der Waals surface area contributed by atoms with Crippen molar-refractivity contribution in [3.63, 3.8) is 0 Å². The number of benzene rings is 2. The fraction of sp³-hybridized carbons (Fsp3) is 0.227. The minimum atomic E-state index is -0.750. The highest BCUT2D eigenvalue weighted by Gasteiger charge is 2.54. The quantitative estimate of drug-likeness (QED) is 0.400. The number of carbonyl (C=O) groups is 2. The molecule has 1 atom stereocenters. The Morgan fingerprint density at radius 1 is 1.16 bits per heavy atom. The second-order valence-corrected chi connectivity index (χ2v) is 7.33. The minimum absolute atomic E-state index is 0.216. The molecule has 1 N–H and O–H groups in total. The van der Waals surface area contributed by atoms with Crippen LogP contribution in [0.1, 0.15) is 11.1 Å². The van der Waals surface area contributed by atoms with E-state index in [0.717, 1.165) is 10.5 Å². The number of rotatable bonds is 5. The smallest absolute Gasteiger partial charge is 0.421 e. The molecule has 10 heteroatoms. The second kappa shape index (κ2) is 8.44. The third kappa shape index (κ3) is 3.75. The summed E-state index contributed by atoms with van der Waals surface area (Å²) in [6.07, 6.45) is 1.51. The molecule has 0 radical (unpaired) electrons. The van der Waals surface area contributed by atoms with Crippen LogP contribution in [0.4, 0.5) is 4.79 Å². The fourth-order valence-electron chi connectivity index (χ4n) is 3.56. The Labute approximate surface area is 184 Å². The normalized spacial score (nSPS) is 18.1. The Hall–Kier alpha value is -4.30. The van der Waals surface area contributed by atoms with Gasteiger partial charge in [-0.15, -0.1) is 5.10 Å². The van der Waals surface area contributed by atoms with Gasteiger partial charge in [-0.3, -0.25) is 9.69 Å². The first-order valence-corrected chi connectivity index (χ1v) is 9.86. The fourth-order valence-corrected chi connectivity index (χ4v) is 3.56. The summed E-state index contributed by atoms with van der Waals surface area (Å²) in [6, 6.07) is 13.0. The highest BCUT2D eigenvalue weighted by Crippen LogP contribution is 2.23. The molecule has 10 nitrogen and oxygen atoms in total. The van der Waals surface area contributed by atoms with Crippen molar-refractivity contribution in [1.29, 1.82) is 0 Å². The van der Waals surface area contributed by atoms with E-state index in [0.29, 0.717) is 23.9 Å². The van der Waals surface area contributed by atoms with Crippen molar-refractivity contribution in [2.24, 2.45) is 5.10 Å². The number of nitrogens with zero attached hydrogens (tertiary/aromatic N) is 5. The lowest BCUT2D eigenvalue weighted by Crippen LogP contribution is -2.63. The zero-order chi connectivity index (χ0) is 22.8. The minimum Gasteiger partial charge on any atom is -0.870 e. The first-order chi connectivity index (χ1) is 15.4. The monoisotopic (exact) mass is 434 g/mol. The van der Waals surface area contributed by atoms with Gasteiger partial charge in [0.2, 0.25) is 6.04 Å². The van der Waals surface area contributed by atoms with E-state index < -0.39 is 12.1 Å². The number of imide groups is 1. The third-order valence-electron chi connectivity index (χ3n) is 5.29. The number of hydrogen-bond acceptors (Lipinski definition) is 7. The van der Waals surface area contributed by atoms with E-state index >= 15 is 0 Å². The molecule has 2 aliphatic rings. The number of ether oxygens (including phenoxy) is 1. The average Bonchev–Trinajstić information content (AvgIpc) is 3.16. The van der Waals surface area contributed by atoms with Crippen LogP contribution in [-0.4, -0.2) is 71.9 Å². The molecule has 2 aromatic rings. The van der Waals surface area contributed by atoms with E-state index in [1.165, 1.54) is 31.3 Å². The lowest BCUT2D eigenvalue weighted by atomic mass is 10.1. The van der Waals surface area contributed by atoms with Gasteiger partial charge in [-0.25, -0.2) is 19.3 Å². The summed E-state index contributed by atoms with van der Waals surface area (Å²) in [5, 5.41) is 15.9. The number of amides is 3. The largest absolute Gasteiger partial charge is 0.870 e. The number of likely N-dealkylation sites (N-methyl/N-ethyl adjacent to an activating group) is 2. The van der Waals surface area contributed by atoms with Crippen molar-refractivity contribution >= 4 is 29.9 Å². The number of urea groups is 1. The first kappa shape index (κ1) is 21.0. The van der Waals surface area contributed by atoms with Gasteiger partial charge >= 0.3 is 17.8 Å². The molecule has 3 amide bonds. The summed E-state index contributed by atoms with van der Waals surface area (Å²) in [4.78, 5) is 29.5. The van der Waals surface area contributed by atoms with Crippen molar-refractivity contribution in [3.05, 3.63) is 59.7 Å². The molecule has 2 aliphatic heterocycles. The maximum Gasteiger partial charge on any atom is 0.421 e. The van der Waals surface area contributed by atoms with Crippen LogP contribution >= 0.6 is 0 Å². The van der Waals surface area contributed by atoms with Crippen molar-refractivity contribution in [3.8, 4) is 11.5 Å². The van der Waals surface area contributed by atoms with E-state index in [4.69, 9.17) is 4.74 Å². The van der Waals surface area contributed by atoms with Crippen LogP contribution in [0.25, 0.3) is 0 Å². The predicted molar refractivity (Wildman–Crippen MR) is 117 cm³/mol. The summed E-state index contributed by atoms with van der Waals surface area (Å²) in [5.74, 6) is 0.306. The highest BCUT2D eigenvalue weighted by molar-refractivity contribution is 6.23. The molecule has 164 valence electrons. The molecule has 1 unspecified atom stereocenters. The topological polar surface area (TPSA) is 115 Å². The van der Waals surface area contributed by atoms with Gasteiger partial charge < -0.3 is 9.84 Å². The van der Waals surface area contributed by atoms with Gasteiger partial charge in [0.25, 0.3) is 5.91 Å². The number of methoxy groups -OCH3 is 1. The van der Waals surface area contributed by atoms with Crippen molar-refractivity contribution in [1.82, 2.24) is 24.8 Å². The molecule has 1 fully saturated rings. The Balaban J connectivity index is 1.63. The third-order valence-corrected chi connectivity index (χ3v) is 5.29. The Morgan fingerprint density at radius 2 is 1.91 bits per heavy atom. The summed E-state index contributed by atoms with van der Waals surface area (Å²) >= 11 is 0. The highest BCUT2D eigenvalue weighted by atomic mass is 16.5. The van der Waals surface area contributed by atoms with Crippen LogP contribution in [0.2, 0.25) is 0 Å². The van der Waals surface area contributed by atoms with Crippen LogP contribution in [0, 0.1) is 0 Å². The van der Waals surface area contributed by atoms with Gasteiger partial charge in [-0.2, -0.15) is 5.43 Å². The number of hydrazone groups is 1. The van der Waals surface area contributed by atoms with Crippen LogP contribution in [0.3, 0.4) is 0 Å². The molecule has 1 saturated heterocycles. The van der Waals surface area contributed by atoms with Crippen molar-refractivity contribution in [2.45, 2.75) is 12.6 Å². The van der Waals surface area contributed by atoms with Crippen molar-refractivity contribution in [2.75, 3.05) is 21.2 Å². The van der Waals surface area contributed by atoms with Crippen molar-refractivity contribution < 1.29 is 19.4 Å². The zero-order valence-corrected chi connectivity index (χ0v) is 17.8. The number of guanidine groups is 1. The summed E-state index contributed by atoms with van der Waals surface area (Å²) in [6.45, 7) is 0.386. The van der Waals surface area contributed by atoms with Gasteiger partial charge in [-0.1, -0.05) is 48.2 Å². The molecule has 0 saturated carbocycles. The van der Waals surface area contributed by atoms with E-state index in [9.17, 15) is 14.7 Å². The zero-order valence-electron chi connectivity index (χ0n) is 17.8. The number of carbonyl (C=O) groups excluding carboxylic acids is 2. The Morgan fingerprint density at radius 3 is 2.62 bits per heavy atom. The molecule has 32 heavy (non-hydrogen) atoms. The number of nitrogens with one attached hydrogen (secondary N) is 1. The summed E-state index contributed by atoms with van der Waals surface area (Å²) in [7, 11) is 4.46. The molecule has 0 bridgehead atoms. The Kier molecular flexibility index (Phi) is 5.53. The van der Waals surface area contributed by atoms with Crippen LogP contribution < -0.4 is 19.9 Å². The van der Waals surface area contributed by atoms with Crippen LogP contribution in [-0.2, 0) is 11.3 Å². The maximum atomic E-state index is 12.9. The average molecular weight is 434 g/mol. The molecule has 4 rings (SSSR count). The molecular formula is C22H22N6O4. The van der Waals surface area contributed by atoms with Gasteiger partial charge in [0.15, 0.2) is 0 Å². The van der Waals surface area contributed by atoms with E-state index in [1.807, 2.05) is 30.3 Å². The van der Waals surface area contributed by atoms with E-state index in [1.54, 1.807) is 24.1 Å². The number of amidine groups is 1. The number of fused-ring (bicyclic) bond motifs is 1. The lowest BCUT2D eigenvalue weighted by molar-refractivity contribution is -0.270. The second-order valence-electron chi connectivity index (χ2n) is 7.33. The van der Waals surface area contributed by atoms with Gasteiger partial charge in [0.1, 0.15) is 5.75 Å². The van der Waals surface area contributed by atoms with E-state index in [-0.39, 0.29) is 17.4 Å². The van der Waals surface area contributed by atoms with Gasteiger partial charge in [0, 0.05) is 7.05 Å². The van der Waals surface area contributed by atoms with E-state index in [2.05, 4.69) is 15.2 Å². The molecule has 2 heterocycles. The molecule has 0 aromatic heterocycles.